The Morgan fingerprint density at radius 2 is 0.733 bits per heavy atom. The molecule has 0 saturated heterocycles. The van der Waals surface area contributed by atoms with Crippen molar-refractivity contribution in [3.63, 3.8) is 0 Å². The summed E-state index contributed by atoms with van der Waals surface area (Å²) in [4.78, 5) is 87.4. The minimum Gasteiger partial charge on any atom is -0.461 e. The summed E-state index contributed by atoms with van der Waals surface area (Å²) in [5.41, 5.74) is 7.52. The number of allylic oxidation sites excluding steroid dienone is 2. The van der Waals surface area contributed by atoms with Crippen molar-refractivity contribution in [3.8, 4) is 0 Å². The molecule has 554 valence electrons. The minimum absolute atomic E-state index is 0.0111. The molecule has 8 aromatic carbocycles. The Labute approximate surface area is 621 Å². The van der Waals surface area contributed by atoms with Gasteiger partial charge in [-0.25, -0.2) is 0 Å². The van der Waals surface area contributed by atoms with Crippen molar-refractivity contribution in [2.75, 3.05) is 0 Å². The van der Waals surface area contributed by atoms with Crippen LogP contribution in [0.3, 0.4) is 0 Å². The van der Waals surface area contributed by atoms with E-state index in [0.29, 0.717) is 43.6 Å². The predicted octanol–water partition coefficient (Wildman–Crippen LogP) is 18.2. The number of esters is 6. The summed E-state index contributed by atoms with van der Waals surface area (Å²) < 4.78 is 49.7. The van der Waals surface area contributed by atoms with E-state index in [1.807, 2.05) is 159 Å². The maximum absolute atomic E-state index is 14.8. The zero-order chi connectivity index (χ0) is 74.1. The maximum Gasteiger partial charge on any atom is 0.310 e. The van der Waals surface area contributed by atoms with E-state index in [-0.39, 0.29) is 57.0 Å². The van der Waals surface area contributed by atoms with Crippen LogP contribution >= 0.6 is 0 Å². The van der Waals surface area contributed by atoms with E-state index in [1.54, 1.807) is 24.3 Å². The molecule has 0 N–H and O–H groups in total. The van der Waals surface area contributed by atoms with Gasteiger partial charge in [-0.2, -0.15) is 0 Å². The largest absolute Gasteiger partial charge is 0.461 e. The van der Waals surface area contributed by atoms with Crippen LogP contribution in [0.15, 0.2) is 255 Å². The van der Waals surface area contributed by atoms with E-state index in [1.165, 1.54) is 11.1 Å². The number of hydrogen-bond donors (Lipinski definition) is 0. The first-order chi connectivity index (χ1) is 51.2. The molecule has 105 heavy (non-hydrogen) atoms. The van der Waals surface area contributed by atoms with Gasteiger partial charge in [-0.05, 0) is 102 Å². The van der Waals surface area contributed by atoms with Gasteiger partial charge in [0.25, 0.3) is 0 Å². The highest BCUT2D eigenvalue weighted by Crippen LogP contribution is 2.31. The number of nitrogens with zero attached hydrogens (tertiary/aromatic N) is 1. The summed E-state index contributed by atoms with van der Waals surface area (Å²) >= 11 is 0. The third-order valence-electron chi connectivity index (χ3n) is 18.7. The number of carbonyl (C=O) groups is 6. The molecule has 0 fully saturated rings. The Kier molecular flexibility index (Phi) is 35.5. The van der Waals surface area contributed by atoms with Crippen LogP contribution in [-0.2, 0) is 119 Å². The zero-order valence-electron chi connectivity index (χ0n) is 61.5. The second kappa shape index (κ2) is 46.1. The summed E-state index contributed by atoms with van der Waals surface area (Å²) in [6.07, 6.45) is 5.59. The first kappa shape index (κ1) is 80.9. The van der Waals surface area contributed by atoms with Crippen LogP contribution in [-0.4, -0.2) is 71.2 Å². The van der Waals surface area contributed by atoms with Crippen molar-refractivity contribution >= 4 is 35.8 Å². The molecule has 0 heterocycles. The molecule has 9 atom stereocenters. The van der Waals surface area contributed by atoms with Crippen molar-refractivity contribution in [3.05, 3.63) is 299 Å². The smallest absolute Gasteiger partial charge is 0.310 e. The van der Waals surface area contributed by atoms with Gasteiger partial charge in [-0.1, -0.05) is 288 Å². The molecule has 15 heteroatoms. The lowest BCUT2D eigenvalue weighted by Crippen LogP contribution is -2.43. The average Bonchev–Trinajstić information content (AvgIpc) is 0.856. The SMILES string of the molecule is CCCC[C@@H](C)[C@@H](OC(=O)C[C@@H](CC(=O)OCc1ccccc1)C(=O)OCc1ccccc1)[C@H](C[C@@H](C)C/C=C\CCC[C@H](C[C@H](OCc1ccccc1)[C@H](C)N(Cc1ccccc1)Cc1ccccc1)OCc1ccccc1)OC(=O)C[C@@H](CC(=O)OCc1ccccc1)C(=O)OCc1ccccc1. The highest BCUT2D eigenvalue weighted by atomic mass is 16.6. The fourth-order valence-corrected chi connectivity index (χ4v) is 12.6. The monoisotopic (exact) mass is 1420 g/mol. The Balaban J connectivity index is 1.02. The van der Waals surface area contributed by atoms with Crippen LogP contribution in [0.4, 0.5) is 0 Å². The normalized spacial score (nSPS) is 14.0. The lowest BCUT2D eigenvalue weighted by Gasteiger charge is -2.36. The highest BCUT2D eigenvalue weighted by molar-refractivity contribution is 5.85. The van der Waals surface area contributed by atoms with Crippen LogP contribution in [0.2, 0.25) is 0 Å². The van der Waals surface area contributed by atoms with Crippen molar-refractivity contribution in [1.29, 1.82) is 0 Å². The number of unbranched alkanes of at least 4 members (excludes halogenated alkanes) is 2. The third-order valence-corrected chi connectivity index (χ3v) is 18.7. The van der Waals surface area contributed by atoms with Gasteiger partial charge < -0.3 is 37.9 Å². The van der Waals surface area contributed by atoms with E-state index in [4.69, 9.17) is 37.9 Å². The summed E-state index contributed by atoms with van der Waals surface area (Å²) in [5.74, 6) is -7.81. The van der Waals surface area contributed by atoms with Crippen molar-refractivity contribution in [2.24, 2.45) is 23.7 Å². The van der Waals surface area contributed by atoms with Gasteiger partial charge in [0.05, 0.1) is 62.9 Å². The molecular weight excluding hydrogens is 1320 g/mol. The first-order valence-electron chi connectivity index (χ1n) is 37.2. The maximum atomic E-state index is 14.8. The molecule has 0 radical (unpaired) electrons. The third kappa shape index (κ3) is 30.8. The predicted molar refractivity (Wildman–Crippen MR) is 406 cm³/mol. The van der Waals surface area contributed by atoms with E-state index in [9.17, 15) is 28.8 Å². The van der Waals surface area contributed by atoms with Gasteiger partial charge in [-0.15, -0.1) is 0 Å². The molecule has 8 aromatic rings. The second-order valence-electron chi connectivity index (χ2n) is 27.4. The van der Waals surface area contributed by atoms with E-state index in [2.05, 4.69) is 104 Å². The summed E-state index contributed by atoms with van der Waals surface area (Å²) in [6, 6.07) is 78.1. The van der Waals surface area contributed by atoms with Crippen molar-refractivity contribution in [2.45, 2.75) is 194 Å². The van der Waals surface area contributed by atoms with E-state index < -0.39 is 91.5 Å². The van der Waals surface area contributed by atoms with Gasteiger partial charge in [-0.3, -0.25) is 33.7 Å². The first-order valence-corrected chi connectivity index (χ1v) is 37.2. The fourth-order valence-electron chi connectivity index (χ4n) is 12.6. The number of rotatable bonds is 47. The topological polar surface area (TPSA) is 180 Å². The minimum atomic E-state index is -1.30. The lowest BCUT2D eigenvalue weighted by atomic mass is 9.88. The Morgan fingerprint density at radius 1 is 0.371 bits per heavy atom. The van der Waals surface area contributed by atoms with Crippen LogP contribution in [0, 0.1) is 23.7 Å². The van der Waals surface area contributed by atoms with Crippen LogP contribution in [0.5, 0.6) is 0 Å². The van der Waals surface area contributed by atoms with Crippen LogP contribution < -0.4 is 0 Å². The molecule has 0 aliphatic carbocycles. The molecule has 15 nitrogen and oxygen atoms in total. The molecule has 0 aliphatic heterocycles. The summed E-state index contributed by atoms with van der Waals surface area (Å²) in [7, 11) is 0. The van der Waals surface area contributed by atoms with Crippen molar-refractivity contribution < 1.29 is 66.7 Å². The average molecular weight is 1420 g/mol. The van der Waals surface area contributed by atoms with E-state index in [0.717, 1.165) is 67.4 Å². The lowest BCUT2D eigenvalue weighted by molar-refractivity contribution is -0.178. The number of ether oxygens (including phenoxy) is 8. The molecule has 0 aromatic heterocycles. The van der Waals surface area contributed by atoms with Gasteiger partial charge in [0.1, 0.15) is 38.6 Å². The van der Waals surface area contributed by atoms with Crippen LogP contribution in [0.1, 0.15) is 156 Å². The number of hydrogen-bond acceptors (Lipinski definition) is 15. The quantitative estimate of drug-likeness (QED) is 0.0152. The molecule has 0 amide bonds. The molecule has 0 aliphatic rings. The summed E-state index contributed by atoms with van der Waals surface area (Å²) in [5, 5.41) is 0. The second-order valence-corrected chi connectivity index (χ2v) is 27.4. The Bertz CT molecular complexity index is 3750. The Hall–Kier alpha value is -9.80. The highest BCUT2D eigenvalue weighted by Gasteiger charge is 2.38. The van der Waals surface area contributed by atoms with Gasteiger partial charge >= 0.3 is 35.8 Å². The van der Waals surface area contributed by atoms with Gasteiger partial charge in [0.15, 0.2) is 0 Å². The fraction of sp³-hybridized carbons (Fsp3) is 0.378. The zero-order valence-corrected chi connectivity index (χ0v) is 61.5. The van der Waals surface area contributed by atoms with E-state index >= 15 is 0 Å². The van der Waals surface area contributed by atoms with Gasteiger partial charge in [0.2, 0.25) is 0 Å². The number of benzene rings is 8. The summed E-state index contributed by atoms with van der Waals surface area (Å²) in [6.45, 7) is 10.4. The molecular formula is C90H105NO14. The van der Waals surface area contributed by atoms with Crippen molar-refractivity contribution in [1.82, 2.24) is 4.90 Å². The van der Waals surface area contributed by atoms with Crippen LogP contribution in [0.25, 0.3) is 0 Å². The number of carbonyl (C=O) groups excluding carboxylic acids is 6. The molecule has 0 bridgehead atoms. The molecule has 0 unspecified atom stereocenters. The van der Waals surface area contributed by atoms with Gasteiger partial charge in [0, 0.05) is 25.6 Å². The Morgan fingerprint density at radius 3 is 1.14 bits per heavy atom. The standard InChI is InChI=1S/C90H105NO14/c1-5-6-36-69(3)88(105-87(95)58-80(90(97)103-67-78-51-32-16-33-52-78)56-85(93)101-65-76-47-28-14-29-48-76)83(104-86(94)57-79(89(96)102-66-77-49-30-15-31-50-77)55-84(92)100-64-75-45-26-13-27-46-75)54-68(2)35-17-7-8-34-53-81(98-62-73-41-22-11-23-42-73)59-82(99-63-74-43-24-12-25-44-74)70(4)91(60-71-37-18-9-19-38-71)61-72-39-20-10-21-40-72/h7,9-33,37-52,68-70,79-83,88H,5-6,8,34-36,53-67H2,1-4H3/b17-7-/t68-,69+,70-,79+,80+,81+,82-,83-,88+/m0/s1. The molecule has 8 rings (SSSR count). The molecule has 0 spiro atoms. The molecule has 0 saturated carbocycles.